The lowest BCUT2D eigenvalue weighted by Crippen LogP contribution is -2.38. The Morgan fingerprint density at radius 3 is 2.84 bits per heavy atom. The highest BCUT2D eigenvalue weighted by molar-refractivity contribution is 6.01. The lowest BCUT2D eigenvalue weighted by molar-refractivity contribution is -0.144. The van der Waals surface area contributed by atoms with E-state index in [1.165, 1.54) is 6.08 Å². The Labute approximate surface area is 188 Å². The molecule has 0 unspecified atom stereocenters. The number of amides is 1. The lowest BCUT2D eigenvalue weighted by Gasteiger charge is -2.31. The number of rotatable bonds is 10. The number of likely N-dealkylation sites (tertiary alicyclic amines) is 1. The maximum absolute atomic E-state index is 11.8. The number of esters is 1. The molecule has 0 bridgehead atoms. The summed E-state index contributed by atoms with van der Waals surface area (Å²) in [6.07, 6.45) is 6.88. The molecule has 1 aliphatic rings. The van der Waals surface area contributed by atoms with E-state index in [1.54, 1.807) is 18.3 Å². The second kappa shape index (κ2) is 11.4. The van der Waals surface area contributed by atoms with E-state index in [0.29, 0.717) is 42.6 Å². The summed E-state index contributed by atoms with van der Waals surface area (Å²) in [6.45, 7) is 8.46. The normalized spacial score (nSPS) is 14.8. The largest absolute Gasteiger partial charge is 0.491 e. The van der Waals surface area contributed by atoms with Crippen molar-refractivity contribution in [2.24, 2.45) is 5.92 Å². The van der Waals surface area contributed by atoms with E-state index in [1.807, 2.05) is 6.92 Å². The summed E-state index contributed by atoms with van der Waals surface area (Å²) in [5.41, 5.74) is 6.89. The quantitative estimate of drug-likeness (QED) is 0.328. The zero-order valence-electron chi connectivity index (χ0n) is 18.5. The SMILES string of the molecule is C=CC(=O)Nc1cc2cnc(N)nc2cc1OCCCC1CCN(CC(=O)OCC)CC1. The predicted molar refractivity (Wildman–Crippen MR) is 123 cm³/mol. The molecule has 1 aliphatic heterocycles. The van der Waals surface area contributed by atoms with E-state index in [4.69, 9.17) is 15.2 Å². The van der Waals surface area contributed by atoms with E-state index in [2.05, 4.69) is 26.8 Å². The molecule has 32 heavy (non-hydrogen) atoms. The summed E-state index contributed by atoms with van der Waals surface area (Å²) in [5, 5.41) is 3.52. The van der Waals surface area contributed by atoms with Gasteiger partial charge in [0, 0.05) is 17.6 Å². The van der Waals surface area contributed by atoms with Crippen LogP contribution >= 0.6 is 0 Å². The van der Waals surface area contributed by atoms with Crippen molar-refractivity contribution >= 4 is 34.4 Å². The molecular weight excluding hydrogens is 410 g/mol. The van der Waals surface area contributed by atoms with Gasteiger partial charge in [0.25, 0.3) is 0 Å². The molecular formula is C23H31N5O4. The lowest BCUT2D eigenvalue weighted by atomic mass is 9.92. The molecule has 2 aromatic rings. The smallest absolute Gasteiger partial charge is 0.320 e. The maximum atomic E-state index is 11.8. The third-order valence-electron chi connectivity index (χ3n) is 5.52. The first kappa shape index (κ1) is 23.5. The van der Waals surface area contributed by atoms with Crippen LogP contribution in [0.3, 0.4) is 0 Å². The summed E-state index contributed by atoms with van der Waals surface area (Å²) in [4.78, 5) is 33.8. The van der Waals surface area contributed by atoms with E-state index >= 15 is 0 Å². The van der Waals surface area contributed by atoms with Crippen LogP contribution in [0.15, 0.2) is 31.0 Å². The molecule has 9 heteroatoms. The maximum Gasteiger partial charge on any atom is 0.320 e. The topological polar surface area (TPSA) is 120 Å². The summed E-state index contributed by atoms with van der Waals surface area (Å²) in [6, 6.07) is 3.53. The fourth-order valence-corrected chi connectivity index (χ4v) is 3.85. The third-order valence-corrected chi connectivity index (χ3v) is 5.52. The van der Waals surface area contributed by atoms with Crippen LogP contribution in [0.2, 0.25) is 0 Å². The average molecular weight is 442 g/mol. The van der Waals surface area contributed by atoms with Crippen LogP contribution in [0.4, 0.5) is 11.6 Å². The molecule has 1 fully saturated rings. The number of hydrogen-bond acceptors (Lipinski definition) is 8. The zero-order valence-corrected chi connectivity index (χ0v) is 18.5. The van der Waals surface area contributed by atoms with Crippen molar-refractivity contribution in [2.45, 2.75) is 32.6 Å². The number of hydrogen-bond donors (Lipinski definition) is 2. The highest BCUT2D eigenvalue weighted by Crippen LogP contribution is 2.30. The Balaban J connectivity index is 1.51. The third kappa shape index (κ3) is 6.65. The fourth-order valence-electron chi connectivity index (χ4n) is 3.85. The van der Waals surface area contributed by atoms with Crippen molar-refractivity contribution < 1.29 is 19.1 Å². The number of nitrogens with two attached hydrogens (primary N) is 1. The van der Waals surface area contributed by atoms with Crippen molar-refractivity contribution in [3.63, 3.8) is 0 Å². The number of carbonyl (C=O) groups excluding carboxylic acids is 2. The van der Waals surface area contributed by atoms with Gasteiger partial charge in [0.2, 0.25) is 11.9 Å². The molecule has 1 aromatic carbocycles. The molecule has 0 atom stereocenters. The van der Waals surface area contributed by atoms with E-state index in [0.717, 1.165) is 44.2 Å². The first-order valence-electron chi connectivity index (χ1n) is 11.0. The molecule has 1 aromatic heterocycles. The van der Waals surface area contributed by atoms with Gasteiger partial charge < -0.3 is 20.5 Å². The van der Waals surface area contributed by atoms with Crippen LogP contribution in [0.1, 0.15) is 32.6 Å². The number of nitrogen functional groups attached to an aromatic ring is 1. The molecule has 3 N–H and O–H groups in total. The highest BCUT2D eigenvalue weighted by Gasteiger charge is 2.21. The number of nitrogens with zero attached hydrogens (tertiary/aromatic N) is 3. The predicted octanol–water partition coefficient (Wildman–Crippen LogP) is 2.77. The standard InChI is InChI=1S/C23H31N5O4/c1-3-21(29)26-19-12-17-14-25-23(24)27-18(17)13-20(19)32-11-5-6-16-7-9-28(10-8-16)15-22(30)31-4-2/h3,12-14,16H,1,4-11,15H2,2H3,(H,26,29)(H2,24,25,27). The van der Waals surface area contributed by atoms with Gasteiger partial charge in [-0.2, -0.15) is 0 Å². The van der Waals surface area contributed by atoms with E-state index < -0.39 is 0 Å². The Kier molecular flexibility index (Phi) is 8.38. The molecule has 0 radical (unpaired) electrons. The van der Waals surface area contributed by atoms with Gasteiger partial charge in [0.1, 0.15) is 5.75 Å². The van der Waals surface area contributed by atoms with Crippen molar-refractivity contribution in [1.82, 2.24) is 14.9 Å². The minimum absolute atomic E-state index is 0.152. The molecule has 2 heterocycles. The molecule has 1 saturated heterocycles. The number of piperidine rings is 1. The Morgan fingerprint density at radius 2 is 2.12 bits per heavy atom. The highest BCUT2D eigenvalue weighted by atomic mass is 16.5. The van der Waals surface area contributed by atoms with Gasteiger partial charge in [-0.3, -0.25) is 14.5 Å². The number of anilines is 2. The van der Waals surface area contributed by atoms with Crippen molar-refractivity contribution in [2.75, 3.05) is 43.9 Å². The van der Waals surface area contributed by atoms with Gasteiger partial charge in [-0.05, 0) is 63.8 Å². The van der Waals surface area contributed by atoms with Gasteiger partial charge in [-0.25, -0.2) is 9.97 Å². The molecule has 0 aliphatic carbocycles. The van der Waals surface area contributed by atoms with Gasteiger partial charge in [0.15, 0.2) is 0 Å². The van der Waals surface area contributed by atoms with Crippen molar-refractivity contribution in [3.8, 4) is 5.75 Å². The Morgan fingerprint density at radius 1 is 1.34 bits per heavy atom. The average Bonchev–Trinajstić information content (AvgIpc) is 2.78. The molecule has 9 nitrogen and oxygen atoms in total. The zero-order chi connectivity index (χ0) is 22.9. The van der Waals surface area contributed by atoms with Gasteiger partial charge >= 0.3 is 5.97 Å². The first-order chi connectivity index (χ1) is 15.5. The monoisotopic (exact) mass is 441 g/mol. The summed E-state index contributed by atoms with van der Waals surface area (Å²) >= 11 is 0. The number of ether oxygens (including phenoxy) is 2. The van der Waals surface area contributed by atoms with E-state index in [-0.39, 0.29) is 17.8 Å². The van der Waals surface area contributed by atoms with Gasteiger partial charge in [0.05, 0.1) is 31.0 Å². The number of fused-ring (bicyclic) bond motifs is 1. The number of aromatic nitrogens is 2. The molecule has 1 amide bonds. The van der Waals surface area contributed by atoms with E-state index in [9.17, 15) is 9.59 Å². The van der Waals surface area contributed by atoms with Crippen LogP contribution in [-0.2, 0) is 14.3 Å². The van der Waals surface area contributed by atoms with Crippen molar-refractivity contribution in [1.29, 1.82) is 0 Å². The number of benzene rings is 1. The fraction of sp³-hybridized carbons (Fsp3) is 0.478. The summed E-state index contributed by atoms with van der Waals surface area (Å²) < 4.78 is 11.0. The van der Waals surface area contributed by atoms with Crippen LogP contribution < -0.4 is 15.8 Å². The number of carbonyl (C=O) groups is 2. The summed E-state index contributed by atoms with van der Waals surface area (Å²) in [7, 11) is 0. The Bertz CT molecular complexity index is 957. The minimum Gasteiger partial charge on any atom is -0.491 e. The Hall–Kier alpha value is -3.20. The van der Waals surface area contributed by atoms with Gasteiger partial charge in [-0.15, -0.1) is 0 Å². The molecule has 0 saturated carbocycles. The van der Waals surface area contributed by atoms with Crippen LogP contribution in [0.25, 0.3) is 10.9 Å². The minimum atomic E-state index is -0.319. The van der Waals surface area contributed by atoms with Crippen LogP contribution in [0.5, 0.6) is 5.75 Å². The van der Waals surface area contributed by atoms with Crippen LogP contribution in [0, 0.1) is 5.92 Å². The first-order valence-corrected chi connectivity index (χ1v) is 11.0. The number of nitrogens with one attached hydrogen (secondary N) is 1. The summed E-state index contributed by atoms with van der Waals surface area (Å²) in [5.74, 6) is 0.859. The van der Waals surface area contributed by atoms with Crippen molar-refractivity contribution in [3.05, 3.63) is 31.0 Å². The molecule has 0 spiro atoms. The second-order valence-corrected chi connectivity index (χ2v) is 7.84. The second-order valence-electron chi connectivity index (χ2n) is 7.84. The molecule has 3 rings (SSSR count). The van der Waals surface area contributed by atoms with Gasteiger partial charge in [-0.1, -0.05) is 6.58 Å². The van der Waals surface area contributed by atoms with Crippen LogP contribution in [-0.4, -0.2) is 59.6 Å². The molecule has 172 valence electrons.